The summed E-state index contributed by atoms with van der Waals surface area (Å²) in [5.74, 6) is -3.63. The molecule has 1 aliphatic heterocycles. The van der Waals surface area contributed by atoms with E-state index in [1.165, 1.54) is 0 Å². The van der Waals surface area contributed by atoms with E-state index in [1.54, 1.807) is 48.1 Å². The van der Waals surface area contributed by atoms with E-state index in [0.29, 0.717) is 48.5 Å². The monoisotopic (exact) mass is 603 g/mol. The lowest BCUT2D eigenvalue weighted by Gasteiger charge is -2.27. The fraction of sp³-hybridized carbons (Fsp3) is 0.382. The summed E-state index contributed by atoms with van der Waals surface area (Å²) < 4.78 is 47.2. The van der Waals surface area contributed by atoms with Gasteiger partial charge in [-0.05, 0) is 66.9 Å². The molecule has 230 valence electrons. The number of hydrogen-bond donors (Lipinski definition) is 1. The van der Waals surface area contributed by atoms with Crippen molar-refractivity contribution in [3.63, 3.8) is 0 Å². The number of carbonyl (C=O) groups is 2. The van der Waals surface area contributed by atoms with Crippen molar-refractivity contribution < 1.29 is 32.6 Å². The third kappa shape index (κ3) is 6.39. The molecule has 1 unspecified atom stereocenters. The van der Waals surface area contributed by atoms with Crippen molar-refractivity contribution in [2.24, 2.45) is 5.92 Å². The highest BCUT2D eigenvalue weighted by molar-refractivity contribution is 5.95. The number of benzene rings is 3. The van der Waals surface area contributed by atoms with Crippen molar-refractivity contribution in [1.82, 2.24) is 15.1 Å². The van der Waals surface area contributed by atoms with Crippen molar-refractivity contribution in [2.45, 2.75) is 64.0 Å². The van der Waals surface area contributed by atoms with Crippen LogP contribution < -0.4 is 19.5 Å². The molecule has 0 bridgehead atoms. The minimum atomic E-state index is -3.44. The number of nitrogens with zero attached hydrogens (tertiary/aromatic N) is 2. The molecule has 2 heterocycles. The predicted octanol–water partition coefficient (Wildman–Crippen LogP) is 6.84. The summed E-state index contributed by atoms with van der Waals surface area (Å²) in [5.41, 5.74) is 2.80. The van der Waals surface area contributed by atoms with Gasteiger partial charge in [0.15, 0.2) is 11.5 Å². The van der Waals surface area contributed by atoms with Gasteiger partial charge in [-0.2, -0.15) is 13.9 Å². The van der Waals surface area contributed by atoms with Crippen molar-refractivity contribution in [3.8, 4) is 22.9 Å². The van der Waals surface area contributed by atoms with Gasteiger partial charge in [-0.1, -0.05) is 31.9 Å². The first kappa shape index (κ1) is 29.6. The molecule has 1 aromatic heterocycles. The number of halogens is 2. The van der Waals surface area contributed by atoms with Gasteiger partial charge in [-0.15, -0.1) is 0 Å². The number of ketones is 1. The molecule has 2 aliphatic rings. The van der Waals surface area contributed by atoms with Gasteiger partial charge in [0.25, 0.3) is 5.91 Å². The summed E-state index contributed by atoms with van der Waals surface area (Å²) in [6.07, 6.45) is 4.91. The van der Waals surface area contributed by atoms with Gasteiger partial charge in [0.05, 0.1) is 17.4 Å². The Labute approximate surface area is 254 Å². The third-order valence-electron chi connectivity index (χ3n) is 8.25. The molecule has 0 saturated heterocycles. The molecular formula is C34H35F2N3O5. The Bertz CT molecular complexity index is 1680. The first-order valence-electron chi connectivity index (χ1n) is 15.0. The molecule has 2 atom stereocenters. The highest BCUT2D eigenvalue weighted by Gasteiger charge is 2.35. The minimum Gasteiger partial charge on any atom is -0.486 e. The highest BCUT2D eigenvalue weighted by atomic mass is 19.3. The maximum atomic E-state index is 13.8. The van der Waals surface area contributed by atoms with Crippen LogP contribution in [0.15, 0.2) is 66.9 Å². The van der Waals surface area contributed by atoms with Gasteiger partial charge in [0, 0.05) is 36.3 Å². The SMILES string of the molecule is C[C@H](CC(=O)C(C)(F)F)C(Oc1ccc2c(cnn2-c2cccc(C(=O)NC3CCCC3)c2)c1)c1ccc2c(c1)OCCO2. The molecule has 3 aromatic carbocycles. The molecule has 0 radical (unpaired) electrons. The van der Waals surface area contributed by atoms with Crippen LogP contribution in [0.2, 0.25) is 0 Å². The summed E-state index contributed by atoms with van der Waals surface area (Å²) in [7, 11) is 0. The van der Waals surface area contributed by atoms with E-state index in [4.69, 9.17) is 14.2 Å². The molecule has 8 nitrogen and oxygen atoms in total. The summed E-state index contributed by atoms with van der Waals surface area (Å²) in [5, 5.41) is 8.48. The van der Waals surface area contributed by atoms with Gasteiger partial charge >= 0.3 is 5.92 Å². The highest BCUT2D eigenvalue weighted by Crippen LogP contribution is 2.38. The van der Waals surface area contributed by atoms with Gasteiger partial charge in [0.2, 0.25) is 5.78 Å². The topological polar surface area (TPSA) is 91.7 Å². The number of alkyl halides is 2. The van der Waals surface area contributed by atoms with E-state index < -0.39 is 23.7 Å². The van der Waals surface area contributed by atoms with E-state index in [0.717, 1.165) is 42.3 Å². The quantitative estimate of drug-likeness (QED) is 0.213. The number of Topliss-reactive ketones (excluding diaryl/α,β-unsaturated/α-hetero) is 1. The maximum Gasteiger partial charge on any atom is 0.302 e. The number of carbonyl (C=O) groups excluding carboxylic acids is 2. The van der Waals surface area contributed by atoms with Crippen molar-refractivity contribution in [1.29, 1.82) is 0 Å². The van der Waals surface area contributed by atoms with E-state index in [-0.39, 0.29) is 18.4 Å². The second-order valence-electron chi connectivity index (χ2n) is 11.7. The second-order valence-corrected chi connectivity index (χ2v) is 11.7. The standard InChI is InChI=1S/C34H35F2N3O5/c1-21(16-31(40)34(2,35)36)32(22-10-13-29-30(19-22)43-15-14-42-29)44-27-11-12-28-24(18-27)20-37-39(28)26-9-5-6-23(17-26)33(41)38-25-7-3-4-8-25/h5-6,9-13,17-21,25,32H,3-4,7-8,14-16H2,1-2H3,(H,38,41)/t21-,32?/m1/s1. The lowest BCUT2D eigenvalue weighted by molar-refractivity contribution is -0.142. The molecule has 1 fully saturated rings. The average Bonchev–Trinajstić information content (AvgIpc) is 3.69. The number of ether oxygens (including phenoxy) is 3. The lowest BCUT2D eigenvalue weighted by atomic mass is 9.91. The number of nitrogens with one attached hydrogen (secondary N) is 1. The Kier molecular flexibility index (Phi) is 8.25. The summed E-state index contributed by atoms with van der Waals surface area (Å²) in [6, 6.07) is 18.4. The zero-order valence-corrected chi connectivity index (χ0v) is 24.7. The first-order chi connectivity index (χ1) is 21.2. The van der Waals surface area contributed by atoms with Crippen LogP contribution in [-0.4, -0.2) is 46.6 Å². The first-order valence-corrected chi connectivity index (χ1v) is 15.0. The molecule has 4 aromatic rings. The zero-order chi connectivity index (χ0) is 30.8. The van der Waals surface area contributed by atoms with Gasteiger partial charge in [0.1, 0.15) is 25.1 Å². The number of hydrogen-bond acceptors (Lipinski definition) is 6. The fourth-order valence-electron chi connectivity index (χ4n) is 5.88. The van der Waals surface area contributed by atoms with Crippen LogP contribution in [0.3, 0.4) is 0 Å². The van der Waals surface area contributed by atoms with Crippen LogP contribution in [0.5, 0.6) is 17.2 Å². The predicted molar refractivity (Wildman–Crippen MR) is 161 cm³/mol. The van der Waals surface area contributed by atoms with Gasteiger partial charge in [-0.25, -0.2) is 4.68 Å². The summed E-state index contributed by atoms with van der Waals surface area (Å²) >= 11 is 0. The Balaban J connectivity index is 1.26. The maximum absolute atomic E-state index is 13.8. The minimum absolute atomic E-state index is 0.0930. The normalized spacial score (nSPS) is 16.5. The third-order valence-corrected chi connectivity index (χ3v) is 8.25. The molecule has 0 spiro atoms. The van der Waals surface area contributed by atoms with Crippen LogP contribution in [0.1, 0.15) is 68.0 Å². The molecule has 1 N–H and O–H groups in total. The summed E-state index contributed by atoms with van der Waals surface area (Å²) in [4.78, 5) is 25.1. The molecule has 10 heteroatoms. The number of aromatic nitrogens is 2. The Morgan fingerprint density at radius 2 is 1.82 bits per heavy atom. The van der Waals surface area contributed by atoms with Crippen molar-refractivity contribution >= 4 is 22.6 Å². The van der Waals surface area contributed by atoms with Crippen molar-refractivity contribution in [2.75, 3.05) is 13.2 Å². The Morgan fingerprint density at radius 3 is 2.59 bits per heavy atom. The molecule has 1 aliphatic carbocycles. The average molecular weight is 604 g/mol. The van der Waals surface area contributed by atoms with Crippen LogP contribution in [0, 0.1) is 5.92 Å². The van der Waals surface area contributed by atoms with Gasteiger partial charge < -0.3 is 19.5 Å². The van der Waals surface area contributed by atoms with Crippen LogP contribution >= 0.6 is 0 Å². The smallest absolute Gasteiger partial charge is 0.302 e. The van der Waals surface area contributed by atoms with Gasteiger partial charge in [-0.3, -0.25) is 9.59 Å². The second kappa shape index (κ2) is 12.3. The van der Waals surface area contributed by atoms with E-state index in [2.05, 4.69) is 10.4 Å². The molecule has 44 heavy (non-hydrogen) atoms. The van der Waals surface area contributed by atoms with Crippen LogP contribution in [0.25, 0.3) is 16.6 Å². The lowest BCUT2D eigenvalue weighted by Crippen LogP contribution is -2.32. The van der Waals surface area contributed by atoms with E-state index >= 15 is 0 Å². The zero-order valence-electron chi connectivity index (χ0n) is 24.7. The van der Waals surface area contributed by atoms with E-state index in [1.807, 2.05) is 30.3 Å². The molecule has 6 rings (SSSR count). The number of amides is 1. The summed E-state index contributed by atoms with van der Waals surface area (Å²) in [6.45, 7) is 3.17. The van der Waals surface area contributed by atoms with E-state index in [9.17, 15) is 18.4 Å². The largest absolute Gasteiger partial charge is 0.486 e. The Hall–Kier alpha value is -4.47. The van der Waals surface area contributed by atoms with Crippen LogP contribution in [-0.2, 0) is 4.79 Å². The number of rotatable bonds is 10. The van der Waals surface area contributed by atoms with Crippen LogP contribution in [0.4, 0.5) is 8.78 Å². The molecule has 1 saturated carbocycles. The molecule has 1 amide bonds. The van der Waals surface area contributed by atoms with Crippen molar-refractivity contribution in [3.05, 3.63) is 78.0 Å². The fourth-order valence-corrected chi connectivity index (χ4v) is 5.88. The molecular weight excluding hydrogens is 568 g/mol. The Morgan fingerprint density at radius 1 is 1.05 bits per heavy atom. The number of fused-ring (bicyclic) bond motifs is 2.